The SMILES string of the molecule is c1ccc(-c2cccc3c2Oc2cc(-n4c5ccccc5c5ccccc54)cc4c2B3c2cccc(-c3ccccn3)c2O4)nc1. The third-order valence-corrected chi connectivity index (χ3v) is 9.23. The zero-order chi connectivity index (χ0) is 30.2. The van der Waals surface area contributed by atoms with Gasteiger partial charge in [-0.2, -0.15) is 0 Å². The van der Waals surface area contributed by atoms with Crippen LogP contribution in [-0.2, 0) is 0 Å². The average molecular weight is 589 g/mol. The van der Waals surface area contributed by atoms with Gasteiger partial charge >= 0.3 is 0 Å². The molecule has 5 heterocycles. The summed E-state index contributed by atoms with van der Waals surface area (Å²) in [7, 11) is 0. The molecule has 2 aliphatic heterocycles. The first-order chi connectivity index (χ1) is 22.8. The lowest BCUT2D eigenvalue weighted by atomic mass is 9.34. The molecule has 0 unspecified atom stereocenters. The van der Waals surface area contributed by atoms with Gasteiger partial charge < -0.3 is 14.0 Å². The zero-order valence-electron chi connectivity index (χ0n) is 24.6. The number of fused-ring (bicyclic) bond motifs is 7. The number of rotatable bonds is 3. The summed E-state index contributed by atoms with van der Waals surface area (Å²) in [5, 5.41) is 2.41. The summed E-state index contributed by atoms with van der Waals surface area (Å²) in [4.78, 5) is 9.41. The first kappa shape index (κ1) is 25.2. The highest BCUT2D eigenvalue weighted by Gasteiger charge is 2.42. The molecule has 46 heavy (non-hydrogen) atoms. The fourth-order valence-corrected chi connectivity index (χ4v) is 7.31. The van der Waals surface area contributed by atoms with Gasteiger partial charge in [0.25, 0.3) is 6.71 Å². The van der Waals surface area contributed by atoms with Crippen LogP contribution in [0.5, 0.6) is 23.0 Å². The van der Waals surface area contributed by atoms with E-state index in [-0.39, 0.29) is 6.71 Å². The lowest BCUT2D eigenvalue weighted by Crippen LogP contribution is -2.57. The molecule has 0 saturated heterocycles. The maximum atomic E-state index is 6.96. The minimum Gasteiger partial charge on any atom is -0.458 e. The molecule has 0 fully saturated rings. The number of para-hydroxylation sites is 4. The Kier molecular flexibility index (Phi) is 5.31. The molecule has 0 spiro atoms. The monoisotopic (exact) mass is 589 g/mol. The fourth-order valence-electron chi connectivity index (χ4n) is 7.31. The van der Waals surface area contributed by atoms with E-state index in [4.69, 9.17) is 19.4 Å². The van der Waals surface area contributed by atoms with Crippen molar-refractivity contribution in [3.63, 3.8) is 0 Å². The van der Waals surface area contributed by atoms with E-state index in [1.807, 2.05) is 48.8 Å². The van der Waals surface area contributed by atoms with E-state index < -0.39 is 0 Å². The minimum atomic E-state index is -0.1000. The first-order valence-corrected chi connectivity index (χ1v) is 15.4. The van der Waals surface area contributed by atoms with Gasteiger partial charge in [0.2, 0.25) is 0 Å². The molecule has 0 radical (unpaired) electrons. The summed E-state index contributed by atoms with van der Waals surface area (Å²) >= 11 is 0. The molecule has 5 aromatic carbocycles. The second-order valence-electron chi connectivity index (χ2n) is 11.7. The second-order valence-corrected chi connectivity index (χ2v) is 11.7. The van der Waals surface area contributed by atoms with Gasteiger partial charge in [0.1, 0.15) is 23.0 Å². The van der Waals surface area contributed by atoms with Crippen LogP contribution in [0, 0.1) is 0 Å². The van der Waals surface area contributed by atoms with Crippen LogP contribution in [0.15, 0.2) is 146 Å². The largest absolute Gasteiger partial charge is 0.458 e. The highest BCUT2D eigenvalue weighted by atomic mass is 16.5. The smallest absolute Gasteiger partial charge is 0.260 e. The second kappa shape index (κ2) is 9.68. The summed E-state index contributed by atoms with van der Waals surface area (Å²) < 4.78 is 16.2. The van der Waals surface area contributed by atoms with E-state index in [0.717, 1.165) is 78.6 Å². The molecule has 5 nitrogen and oxygen atoms in total. The van der Waals surface area contributed by atoms with Gasteiger partial charge in [-0.1, -0.05) is 72.8 Å². The van der Waals surface area contributed by atoms with Crippen molar-refractivity contribution in [3.8, 4) is 51.2 Å². The molecular weight excluding hydrogens is 565 g/mol. The molecule has 8 aromatic rings. The van der Waals surface area contributed by atoms with Crippen LogP contribution in [0.3, 0.4) is 0 Å². The molecule has 2 aliphatic rings. The van der Waals surface area contributed by atoms with Gasteiger partial charge in [0, 0.05) is 51.9 Å². The van der Waals surface area contributed by atoms with Crippen molar-refractivity contribution in [3.05, 3.63) is 146 Å². The Morgan fingerprint density at radius 2 is 1.00 bits per heavy atom. The van der Waals surface area contributed by atoms with Crippen molar-refractivity contribution in [2.45, 2.75) is 0 Å². The fraction of sp³-hybridized carbons (Fsp3) is 0. The molecule has 0 aliphatic carbocycles. The third kappa shape index (κ3) is 3.58. The van der Waals surface area contributed by atoms with Crippen LogP contribution >= 0.6 is 0 Å². The molecule has 0 saturated carbocycles. The van der Waals surface area contributed by atoms with Crippen LogP contribution in [0.2, 0.25) is 0 Å². The number of ether oxygens (including phenoxy) is 2. The quantitative estimate of drug-likeness (QED) is 0.199. The Labute approximate surface area is 265 Å². The normalized spacial score (nSPS) is 12.7. The Bertz CT molecular complexity index is 2320. The lowest BCUT2D eigenvalue weighted by molar-refractivity contribution is 0.465. The van der Waals surface area contributed by atoms with E-state index in [2.05, 4.69) is 102 Å². The molecule has 3 aromatic heterocycles. The molecule has 10 rings (SSSR count). The van der Waals surface area contributed by atoms with Gasteiger partial charge in [-0.15, -0.1) is 0 Å². The van der Waals surface area contributed by atoms with Crippen molar-refractivity contribution in [2.24, 2.45) is 0 Å². The topological polar surface area (TPSA) is 49.2 Å². The van der Waals surface area contributed by atoms with E-state index >= 15 is 0 Å². The van der Waals surface area contributed by atoms with Crippen molar-refractivity contribution in [1.82, 2.24) is 14.5 Å². The number of hydrogen-bond donors (Lipinski definition) is 0. The predicted molar refractivity (Wildman–Crippen MR) is 185 cm³/mol. The molecular formula is C40H24BN3O2. The third-order valence-electron chi connectivity index (χ3n) is 9.23. The summed E-state index contributed by atoms with van der Waals surface area (Å²) in [6, 6.07) is 46.1. The molecule has 214 valence electrons. The van der Waals surface area contributed by atoms with E-state index in [1.165, 1.54) is 10.8 Å². The standard InChI is InChI=1S/C40H24BN3O2/c1-3-19-34-26(11-1)27-12-2-4-20-35(27)44(34)25-23-36-38-37(24-25)46-40-29(33-18-6-8-22-43-33)14-10-16-31(40)41(38)30-15-9-13-28(39(30)45-36)32-17-5-7-21-42-32/h1-24H. The number of benzene rings is 5. The Morgan fingerprint density at radius 1 is 0.500 bits per heavy atom. The molecule has 0 bridgehead atoms. The molecule has 6 heteroatoms. The van der Waals surface area contributed by atoms with Crippen molar-refractivity contribution >= 4 is 44.9 Å². The van der Waals surface area contributed by atoms with Crippen LogP contribution in [-0.4, -0.2) is 21.2 Å². The summed E-state index contributed by atoms with van der Waals surface area (Å²) in [5.41, 5.74) is 10.1. The summed E-state index contributed by atoms with van der Waals surface area (Å²) in [6.45, 7) is -0.1000. The van der Waals surface area contributed by atoms with Crippen LogP contribution in [0.4, 0.5) is 0 Å². The van der Waals surface area contributed by atoms with Gasteiger partial charge in [-0.3, -0.25) is 9.97 Å². The number of hydrogen-bond acceptors (Lipinski definition) is 4. The highest BCUT2D eigenvalue weighted by molar-refractivity contribution is 6.98. The number of nitrogens with zero attached hydrogens (tertiary/aromatic N) is 3. The predicted octanol–water partition coefficient (Wildman–Crippen LogP) is 7.64. The van der Waals surface area contributed by atoms with E-state index in [1.54, 1.807) is 0 Å². The van der Waals surface area contributed by atoms with Gasteiger partial charge in [-0.25, -0.2) is 0 Å². The Hall–Kier alpha value is -6.14. The molecule has 0 amide bonds. The number of aromatic nitrogens is 3. The van der Waals surface area contributed by atoms with E-state index in [0.29, 0.717) is 0 Å². The lowest BCUT2D eigenvalue weighted by Gasteiger charge is -2.35. The van der Waals surface area contributed by atoms with Crippen LogP contribution in [0.1, 0.15) is 0 Å². The van der Waals surface area contributed by atoms with Gasteiger partial charge in [0.15, 0.2) is 0 Å². The zero-order valence-corrected chi connectivity index (χ0v) is 24.6. The van der Waals surface area contributed by atoms with Crippen molar-refractivity contribution in [1.29, 1.82) is 0 Å². The Morgan fingerprint density at radius 3 is 1.50 bits per heavy atom. The van der Waals surface area contributed by atoms with Crippen molar-refractivity contribution < 1.29 is 9.47 Å². The minimum absolute atomic E-state index is 0.1000. The van der Waals surface area contributed by atoms with Gasteiger partial charge in [0.05, 0.1) is 28.1 Å². The van der Waals surface area contributed by atoms with Crippen LogP contribution < -0.4 is 25.9 Å². The Balaban J connectivity index is 1.28. The highest BCUT2D eigenvalue weighted by Crippen LogP contribution is 2.43. The maximum absolute atomic E-state index is 6.96. The van der Waals surface area contributed by atoms with Crippen LogP contribution in [0.25, 0.3) is 50.0 Å². The summed E-state index contributed by atoms with van der Waals surface area (Å²) in [5.74, 6) is 3.20. The number of pyridine rings is 2. The van der Waals surface area contributed by atoms with E-state index in [9.17, 15) is 0 Å². The maximum Gasteiger partial charge on any atom is 0.260 e. The van der Waals surface area contributed by atoms with Crippen molar-refractivity contribution in [2.75, 3.05) is 0 Å². The molecule has 0 N–H and O–H groups in total. The molecule has 0 atom stereocenters. The van der Waals surface area contributed by atoms with Gasteiger partial charge in [-0.05, 0) is 59.5 Å². The summed E-state index contributed by atoms with van der Waals surface area (Å²) in [6.07, 6.45) is 3.65. The first-order valence-electron chi connectivity index (χ1n) is 15.4. The average Bonchev–Trinajstić information content (AvgIpc) is 3.46.